The van der Waals surface area contributed by atoms with Crippen LogP contribution < -0.4 is 10.6 Å². The van der Waals surface area contributed by atoms with Gasteiger partial charge in [0.1, 0.15) is 0 Å². The van der Waals surface area contributed by atoms with Crippen molar-refractivity contribution in [2.75, 3.05) is 10.6 Å². The third-order valence-electron chi connectivity index (χ3n) is 4.77. The number of hydrogen-bond donors (Lipinski definition) is 3. The Morgan fingerprint density at radius 3 is 2.77 bits per heavy atom. The molecule has 0 unspecified atom stereocenters. The molecule has 0 radical (unpaired) electrons. The van der Waals surface area contributed by atoms with E-state index < -0.39 is 11.7 Å². The topological polar surface area (TPSA) is 78.5 Å². The Balaban J connectivity index is 1.44. The van der Waals surface area contributed by atoms with E-state index in [1.54, 1.807) is 12.3 Å². The third-order valence-corrected chi connectivity index (χ3v) is 5.68. The first-order chi connectivity index (χ1) is 15.0. The van der Waals surface area contributed by atoms with Crippen molar-refractivity contribution >= 4 is 49.9 Å². The molecule has 3 heterocycles. The molecule has 3 aromatic heterocycles. The van der Waals surface area contributed by atoms with Crippen LogP contribution in [0.2, 0.25) is 0 Å². The van der Waals surface area contributed by atoms with Gasteiger partial charge >= 0.3 is 6.18 Å². The van der Waals surface area contributed by atoms with Crippen LogP contribution in [-0.2, 0) is 12.7 Å². The van der Waals surface area contributed by atoms with E-state index in [-0.39, 0.29) is 18.1 Å². The molecule has 0 bridgehead atoms. The summed E-state index contributed by atoms with van der Waals surface area (Å²) in [6.07, 6.45) is -2.69. The Morgan fingerprint density at radius 2 is 1.90 bits per heavy atom. The van der Waals surface area contributed by atoms with Crippen molar-refractivity contribution in [3.63, 3.8) is 0 Å². The SMILES string of the molecule is FC(F)(F)c1ccccc1CNc1nc(Nc2ccc3[nH]ncc3c2)c2sccc2n1. The highest BCUT2D eigenvalue weighted by Gasteiger charge is 2.32. The van der Waals surface area contributed by atoms with Gasteiger partial charge in [0.05, 0.1) is 27.5 Å². The lowest BCUT2D eigenvalue weighted by molar-refractivity contribution is -0.138. The number of aromatic nitrogens is 4. The smallest absolute Gasteiger partial charge is 0.350 e. The van der Waals surface area contributed by atoms with E-state index in [1.165, 1.54) is 23.5 Å². The molecule has 0 aliphatic heterocycles. The van der Waals surface area contributed by atoms with E-state index in [4.69, 9.17) is 0 Å². The molecule has 0 spiro atoms. The minimum Gasteiger partial charge on any atom is -0.350 e. The standard InChI is InChI=1S/C21H15F3N6S/c22-21(23,24)15-4-2-1-3-12(15)10-25-20-28-17-7-8-31-18(17)19(29-20)27-14-5-6-16-13(9-14)11-26-30-16/h1-9,11H,10H2,(H,26,30)(H2,25,27,28,29). The number of nitrogens with zero attached hydrogens (tertiary/aromatic N) is 3. The van der Waals surface area contributed by atoms with Gasteiger partial charge in [-0.2, -0.15) is 23.3 Å². The van der Waals surface area contributed by atoms with E-state index >= 15 is 0 Å². The molecule has 31 heavy (non-hydrogen) atoms. The molecular formula is C21H15F3N6S. The molecule has 10 heteroatoms. The second kappa shape index (κ2) is 7.55. The second-order valence-corrected chi connectivity index (χ2v) is 7.75. The maximum absolute atomic E-state index is 13.3. The minimum absolute atomic E-state index is 0.0499. The molecule has 5 aromatic rings. The fourth-order valence-corrected chi connectivity index (χ4v) is 4.09. The highest BCUT2D eigenvalue weighted by Crippen LogP contribution is 2.33. The van der Waals surface area contributed by atoms with Crippen LogP contribution >= 0.6 is 11.3 Å². The zero-order valence-electron chi connectivity index (χ0n) is 15.9. The highest BCUT2D eigenvalue weighted by molar-refractivity contribution is 7.17. The number of aromatic amines is 1. The third kappa shape index (κ3) is 3.89. The van der Waals surface area contributed by atoms with Crippen LogP contribution in [0.1, 0.15) is 11.1 Å². The number of halogens is 3. The number of hydrogen-bond acceptors (Lipinski definition) is 6. The Labute approximate surface area is 178 Å². The Kier molecular flexibility index (Phi) is 4.70. The Bertz CT molecular complexity index is 1370. The van der Waals surface area contributed by atoms with Crippen molar-refractivity contribution in [1.82, 2.24) is 20.2 Å². The normalized spacial score (nSPS) is 11.8. The van der Waals surface area contributed by atoms with Gasteiger partial charge in [-0.05, 0) is 41.3 Å². The Morgan fingerprint density at radius 1 is 1.03 bits per heavy atom. The second-order valence-electron chi connectivity index (χ2n) is 6.84. The first kappa shape index (κ1) is 19.3. The van der Waals surface area contributed by atoms with Crippen LogP contribution in [0.15, 0.2) is 60.1 Å². The van der Waals surface area contributed by atoms with Crippen LogP contribution in [0.4, 0.5) is 30.6 Å². The van der Waals surface area contributed by atoms with Crippen molar-refractivity contribution < 1.29 is 13.2 Å². The molecule has 6 nitrogen and oxygen atoms in total. The van der Waals surface area contributed by atoms with Crippen molar-refractivity contribution in [2.24, 2.45) is 0 Å². The number of fused-ring (bicyclic) bond motifs is 2. The number of benzene rings is 2. The van der Waals surface area contributed by atoms with Gasteiger partial charge in [0.2, 0.25) is 5.95 Å². The fourth-order valence-electron chi connectivity index (χ4n) is 3.31. The molecule has 2 aromatic carbocycles. The van der Waals surface area contributed by atoms with Crippen molar-refractivity contribution in [1.29, 1.82) is 0 Å². The maximum Gasteiger partial charge on any atom is 0.416 e. The average molecular weight is 440 g/mol. The van der Waals surface area contributed by atoms with E-state index in [0.29, 0.717) is 11.3 Å². The van der Waals surface area contributed by atoms with E-state index in [2.05, 4.69) is 30.8 Å². The van der Waals surface area contributed by atoms with Gasteiger partial charge in [-0.15, -0.1) is 11.3 Å². The zero-order chi connectivity index (χ0) is 21.4. The van der Waals surface area contributed by atoms with Gasteiger partial charge in [0, 0.05) is 17.6 Å². The van der Waals surface area contributed by atoms with Crippen molar-refractivity contribution in [3.05, 3.63) is 71.2 Å². The van der Waals surface area contributed by atoms with Crippen molar-refractivity contribution in [2.45, 2.75) is 12.7 Å². The molecule has 156 valence electrons. The predicted molar refractivity (Wildman–Crippen MR) is 116 cm³/mol. The molecule has 0 saturated heterocycles. The number of alkyl halides is 3. The summed E-state index contributed by atoms with van der Waals surface area (Å²) in [5, 5.41) is 16.0. The van der Waals surface area contributed by atoms with Gasteiger partial charge in [-0.1, -0.05) is 18.2 Å². The molecule has 0 amide bonds. The van der Waals surface area contributed by atoms with Gasteiger partial charge in [-0.25, -0.2) is 4.98 Å². The van der Waals surface area contributed by atoms with Gasteiger partial charge in [-0.3, -0.25) is 5.10 Å². The monoisotopic (exact) mass is 440 g/mol. The van der Waals surface area contributed by atoms with Crippen molar-refractivity contribution in [3.8, 4) is 0 Å². The summed E-state index contributed by atoms with van der Waals surface area (Å²) in [5.74, 6) is 0.823. The maximum atomic E-state index is 13.3. The zero-order valence-corrected chi connectivity index (χ0v) is 16.7. The first-order valence-electron chi connectivity index (χ1n) is 9.32. The molecular weight excluding hydrogens is 425 g/mol. The predicted octanol–water partition coefficient (Wildman–Crippen LogP) is 5.94. The van der Waals surface area contributed by atoms with E-state index in [0.717, 1.165) is 27.4 Å². The number of anilines is 3. The molecule has 0 fully saturated rings. The summed E-state index contributed by atoms with van der Waals surface area (Å²) in [6, 6.07) is 13.1. The van der Waals surface area contributed by atoms with Gasteiger partial charge in [0.15, 0.2) is 5.82 Å². The summed E-state index contributed by atoms with van der Waals surface area (Å²) in [4.78, 5) is 8.95. The minimum atomic E-state index is -4.42. The molecule has 0 aliphatic rings. The Hall–Kier alpha value is -3.66. The summed E-state index contributed by atoms with van der Waals surface area (Å²) in [6.45, 7) is -0.0499. The number of nitrogens with one attached hydrogen (secondary N) is 3. The lowest BCUT2D eigenvalue weighted by Gasteiger charge is -2.14. The summed E-state index contributed by atoms with van der Waals surface area (Å²) < 4.78 is 40.6. The van der Waals surface area contributed by atoms with Gasteiger partial charge < -0.3 is 10.6 Å². The molecule has 0 saturated carbocycles. The van der Waals surface area contributed by atoms with Crippen LogP contribution in [0, 0.1) is 0 Å². The summed E-state index contributed by atoms with van der Waals surface area (Å²) in [5.41, 5.74) is 1.89. The number of thiophene rings is 1. The lowest BCUT2D eigenvalue weighted by atomic mass is 10.1. The van der Waals surface area contributed by atoms with E-state index in [9.17, 15) is 13.2 Å². The highest BCUT2D eigenvalue weighted by atomic mass is 32.1. The van der Waals surface area contributed by atoms with Crippen LogP contribution in [0.25, 0.3) is 21.1 Å². The molecule has 3 N–H and O–H groups in total. The largest absolute Gasteiger partial charge is 0.416 e. The fraction of sp³-hybridized carbons (Fsp3) is 0.0952. The number of rotatable bonds is 5. The summed E-state index contributed by atoms with van der Waals surface area (Å²) in [7, 11) is 0. The van der Waals surface area contributed by atoms with E-state index in [1.807, 2.05) is 29.6 Å². The van der Waals surface area contributed by atoms with Crippen LogP contribution in [-0.4, -0.2) is 20.2 Å². The number of H-pyrrole nitrogens is 1. The van der Waals surface area contributed by atoms with Gasteiger partial charge in [0.25, 0.3) is 0 Å². The average Bonchev–Trinajstić information content (AvgIpc) is 3.41. The lowest BCUT2D eigenvalue weighted by Crippen LogP contribution is -2.12. The molecule has 0 aliphatic carbocycles. The quantitative estimate of drug-likeness (QED) is 0.315. The summed E-state index contributed by atoms with van der Waals surface area (Å²) >= 11 is 1.48. The molecule has 0 atom stereocenters. The van der Waals surface area contributed by atoms with Crippen LogP contribution in [0.5, 0.6) is 0 Å². The molecule has 5 rings (SSSR count). The first-order valence-corrected chi connectivity index (χ1v) is 10.2. The van der Waals surface area contributed by atoms with Crippen LogP contribution in [0.3, 0.4) is 0 Å².